The van der Waals surface area contributed by atoms with Gasteiger partial charge in [-0.3, -0.25) is 0 Å². The number of rotatable bonds is 5. The predicted molar refractivity (Wildman–Crippen MR) is 99.0 cm³/mol. The van der Waals surface area contributed by atoms with Crippen LogP contribution in [0.3, 0.4) is 0 Å². The molecule has 3 rings (SSSR count). The molecule has 0 saturated heterocycles. The molecule has 0 spiro atoms. The van der Waals surface area contributed by atoms with Crippen molar-refractivity contribution >= 4 is 12.0 Å². The highest BCUT2D eigenvalue weighted by Crippen LogP contribution is 2.22. The van der Waals surface area contributed by atoms with Crippen LogP contribution in [0.1, 0.15) is 32.6 Å². The molecule has 25 heavy (non-hydrogen) atoms. The number of ether oxygens (including phenoxy) is 1. The van der Waals surface area contributed by atoms with Crippen molar-refractivity contribution in [1.29, 1.82) is 0 Å². The fourth-order valence-corrected chi connectivity index (χ4v) is 2.83. The maximum Gasteiger partial charge on any atom is 0.338 e. The van der Waals surface area contributed by atoms with Gasteiger partial charge in [0.05, 0.1) is 18.4 Å². The maximum atomic E-state index is 12.0. The van der Waals surface area contributed by atoms with Gasteiger partial charge in [-0.15, -0.1) is 0 Å². The topological polar surface area (TPSA) is 44.1 Å². The Balaban J connectivity index is 1.89. The second-order valence-corrected chi connectivity index (χ2v) is 5.86. The number of nitrogens with zero attached hydrogens (tertiary/aromatic N) is 2. The van der Waals surface area contributed by atoms with E-state index in [-0.39, 0.29) is 5.97 Å². The minimum Gasteiger partial charge on any atom is -0.465 e. The van der Waals surface area contributed by atoms with E-state index in [1.54, 1.807) is 12.3 Å². The first-order valence-corrected chi connectivity index (χ1v) is 8.05. The van der Waals surface area contributed by atoms with Gasteiger partial charge in [0.2, 0.25) is 0 Å². The van der Waals surface area contributed by atoms with Crippen molar-refractivity contribution in [1.82, 2.24) is 9.78 Å². The largest absolute Gasteiger partial charge is 0.465 e. The molecule has 4 heteroatoms. The van der Waals surface area contributed by atoms with Crippen LogP contribution >= 0.6 is 0 Å². The smallest absolute Gasteiger partial charge is 0.338 e. The molecule has 0 bridgehead atoms. The first-order chi connectivity index (χ1) is 12.1. The Morgan fingerprint density at radius 1 is 1.28 bits per heavy atom. The van der Waals surface area contributed by atoms with Crippen LogP contribution in [0.4, 0.5) is 0 Å². The number of hydrogen-bond donors (Lipinski definition) is 0. The molecule has 0 aliphatic rings. The van der Waals surface area contributed by atoms with Gasteiger partial charge in [0, 0.05) is 12.4 Å². The van der Waals surface area contributed by atoms with E-state index in [0.717, 1.165) is 28.8 Å². The maximum absolute atomic E-state index is 12.0. The van der Waals surface area contributed by atoms with Crippen LogP contribution in [0.2, 0.25) is 0 Å². The molecule has 2 aromatic carbocycles. The van der Waals surface area contributed by atoms with E-state index in [1.807, 2.05) is 48.1 Å². The minimum atomic E-state index is -0.342. The summed E-state index contributed by atoms with van der Waals surface area (Å²) in [5.41, 5.74) is 5.74. The van der Waals surface area contributed by atoms with E-state index in [0.29, 0.717) is 5.56 Å². The van der Waals surface area contributed by atoms with Gasteiger partial charge in [-0.25, -0.2) is 9.48 Å². The Bertz CT molecular complexity index is 894. The molecule has 0 unspecified atom stereocenters. The summed E-state index contributed by atoms with van der Waals surface area (Å²) in [5, 5.41) is 4.23. The van der Waals surface area contributed by atoms with Crippen LogP contribution in [-0.4, -0.2) is 22.9 Å². The summed E-state index contributed by atoms with van der Waals surface area (Å²) in [6, 6.07) is 14.0. The molecule has 0 radical (unpaired) electrons. The summed E-state index contributed by atoms with van der Waals surface area (Å²) >= 11 is 0. The van der Waals surface area contributed by atoms with E-state index in [4.69, 9.17) is 4.74 Å². The second kappa shape index (κ2) is 7.18. The van der Waals surface area contributed by atoms with E-state index in [9.17, 15) is 4.79 Å². The zero-order valence-corrected chi connectivity index (χ0v) is 14.4. The van der Waals surface area contributed by atoms with Crippen molar-refractivity contribution in [2.75, 3.05) is 7.11 Å². The molecule has 0 atom stereocenters. The number of carbonyl (C=O) groups excluding carboxylic acids is 1. The molecule has 0 saturated carbocycles. The zero-order valence-electron chi connectivity index (χ0n) is 14.4. The highest BCUT2D eigenvalue weighted by molar-refractivity contribution is 5.94. The Morgan fingerprint density at radius 2 is 2.04 bits per heavy atom. The molecule has 0 aliphatic carbocycles. The third-order valence-corrected chi connectivity index (χ3v) is 4.23. The van der Waals surface area contributed by atoms with Crippen LogP contribution in [0.15, 0.2) is 61.4 Å². The Labute approximate surface area is 147 Å². The predicted octanol–water partition coefficient (Wildman–Crippen LogP) is 4.20. The van der Waals surface area contributed by atoms with Crippen molar-refractivity contribution in [2.24, 2.45) is 0 Å². The molecular weight excluding hydrogens is 312 g/mol. The van der Waals surface area contributed by atoms with Crippen LogP contribution in [0, 0.1) is 6.92 Å². The van der Waals surface area contributed by atoms with Crippen molar-refractivity contribution in [3.8, 4) is 5.69 Å². The standard InChI is InChI=1S/C21H20N2O2/c1-4-17-12-15(2)18(14-20(17)21(24)25-3)13-16-6-8-19(9-7-16)23-11-5-10-22-23/h4-12,14H,1,13H2,2-3H3. The minimum absolute atomic E-state index is 0.342. The lowest BCUT2D eigenvalue weighted by molar-refractivity contribution is 0.0600. The summed E-state index contributed by atoms with van der Waals surface area (Å²) in [5.74, 6) is -0.342. The number of aromatic nitrogens is 2. The van der Waals surface area contributed by atoms with E-state index in [1.165, 1.54) is 12.7 Å². The molecule has 0 amide bonds. The second-order valence-electron chi connectivity index (χ2n) is 5.86. The van der Waals surface area contributed by atoms with Gasteiger partial charge in [0.1, 0.15) is 0 Å². The quantitative estimate of drug-likeness (QED) is 0.658. The Hall–Kier alpha value is -3.14. The number of hydrogen-bond acceptors (Lipinski definition) is 3. The lowest BCUT2D eigenvalue weighted by Gasteiger charge is -2.12. The van der Waals surface area contributed by atoms with Gasteiger partial charge >= 0.3 is 5.97 Å². The number of esters is 1. The average Bonchev–Trinajstić information content (AvgIpc) is 3.17. The molecule has 0 fully saturated rings. The summed E-state index contributed by atoms with van der Waals surface area (Å²) in [7, 11) is 1.39. The van der Waals surface area contributed by atoms with Gasteiger partial charge in [-0.05, 0) is 59.9 Å². The van der Waals surface area contributed by atoms with Gasteiger partial charge in [-0.1, -0.05) is 30.9 Å². The summed E-state index contributed by atoms with van der Waals surface area (Å²) in [6.07, 6.45) is 6.09. The molecular formula is C21H20N2O2. The van der Waals surface area contributed by atoms with Crippen molar-refractivity contribution in [3.05, 3.63) is 89.3 Å². The van der Waals surface area contributed by atoms with Gasteiger partial charge in [0.25, 0.3) is 0 Å². The first kappa shape index (κ1) is 16.7. The van der Waals surface area contributed by atoms with Crippen LogP contribution in [0.5, 0.6) is 0 Å². The van der Waals surface area contributed by atoms with E-state index in [2.05, 4.69) is 23.8 Å². The summed E-state index contributed by atoms with van der Waals surface area (Å²) in [4.78, 5) is 12.0. The third kappa shape index (κ3) is 3.53. The van der Waals surface area contributed by atoms with Gasteiger partial charge in [-0.2, -0.15) is 5.10 Å². The number of aryl methyl sites for hydroxylation is 1. The van der Waals surface area contributed by atoms with E-state index < -0.39 is 0 Å². The van der Waals surface area contributed by atoms with Crippen LogP contribution < -0.4 is 0 Å². The Morgan fingerprint density at radius 3 is 2.64 bits per heavy atom. The molecule has 126 valence electrons. The molecule has 4 nitrogen and oxygen atoms in total. The first-order valence-electron chi connectivity index (χ1n) is 8.05. The average molecular weight is 332 g/mol. The highest BCUT2D eigenvalue weighted by atomic mass is 16.5. The SMILES string of the molecule is C=Cc1cc(C)c(Cc2ccc(-n3cccn3)cc2)cc1C(=O)OC. The molecule has 3 aromatic rings. The Kier molecular flexibility index (Phi) is 4.80. The fourth-order valence-electron chi connectivity index (χ4n) is 2.83. The van der Waals surface area contributed by atoms with Gasteiger partial charge < -0.3 is 4.74 Å². The highest BCUT2D eigenvalue weighted by Gasteiger charge is 2.13. The number of carbonyl (C=O) groups is 1. The molecule has 0 aliphatic heterocycles. The third-order valence-electron chi connectivity index (χ3n) is 4.23. The molecule has 0 N–H and O–H groups in total. The van der Waals surface area contributed by atoms with Crippen LogP contribution in [0.25, 0.3) is 11.8 Å². The lowest BCUT2D eigenvalue weighted by Crippen LogP contribution is -2.06. The van der Waals surface area contributed by atoms with Crippen molar-refractivity contribution in [2.45, 2.75) is 13.3 Å². The van der Waals surface area contributed by atoms with E-state index >= 15 is 0 Å². The van der Waals surface area contributed by atoms with Gasteiger partial charge in [0.15, 0.2) is 0 Å². The molecule has 1 aromatic heterocycles. The number of methoxy groups -OCH3 is 1. The normalized spacial score (nSPS) is 10.5. The monoisotopic (exact) mass is 332 g/mol. The van der Waals surface area contributed by atoms with Crippen molar-refractivity contribution in [3.63, 3.8) is 0 Å². The summed E-state index contributed by atoms with van der Waals surface area (Å²) in [6.45, 7) is 5.82. The number of benzene rings is 2. The fraction of sp³-hybridized carbons (Fsp3) is 0.143. The van der Waals surface area contributed by atoms with Crippen LogP contribution in [-0.2, 0) is 11.2 Å². The lowest BCUT2D eigenvalue weighted by atomic mass is 9.94. The van der Waals surface area contributed by atoms with Crippen molar-refractivity contribution < 1.29 is 9.53 Å². The zero-order chi connectivity index (χ0) is 17.8. The summed E-state index contributed by atoms with van der Waals surface area (Å²) < 4.78 is 6.71. The molecule has 1 heterocycles.